The van der Waals surface area contributed by atoms with Crippen molar-refractivity contribution in [2.75, 3.05) is 13.1 Å². The fourth-order valence-corrected chi connectivity index (χ4v) is 3.53. The lowest BCUT2D eigenvalue weighted by molar-refractivity contribution is -0.133. The molecule has 0 bridgehead atoms. The highest BCUT2D eigenvalue weighted by molar-refractivity contribution is 5.74. The SMILES string of the molecule is CC(=O)NC1CC2(CCN(C(C)=O)CC2)Oc2ccccc21. The van der Waals surface area contributed by atoms with E-state index in [1.54, 1.807) is 13.8 Å². The average molecular weight is 302 g/mol. The molecule has 1 aromatic carbocycles. The molecule has 1 aromatic rings. The Hall–Kier alpha value is -2.04. The monoisotopic (exact) mass is 302 g/mol. The molecule has 0 aliphatic carbocycles. The van der Waals surface area contributed by atoms with Crippen molar-refractivity contribution < 1.29 is 14.3 Å². The number of para-hydroxylation sites is 1. The summed E-state index contributed by atoms with van der Waals surface area (Å²) in [5.41, 5.74) is 0.755. The van der Waals surface area contributed by atoms with Crippen LogP contribution in [-0.4, -0.2) is 35.4 Å². The molecule has 0 aromatic heterocycles. The number of hydrogen-bond acceptors (Lipinski definition) is 3. The molecule has 2 heterocycles. The van der Waals surface area contributed by atoms with Crippen molar-refractivity contribution in [2.45, 2.75) is 44.8 Å². The van der Waals surface area contributed by atoms with Crippen LogP contribution in [0.1, 0.15) is 44.7 Å². The number of rotatable bonds is 1. The van der Waals surface area contributed by atoms with E-state index in [9.17, 15) is 9.59 Å². The first kappa shape index (κ1) is 14.9. The van der Waals surface area contributed by atoms with Crippen LogP contribution >= 0.6 is 0 Å². The number of nitrogens with one attached hydrogen (secondary N) is 1. The van der Waals surface area contributed by atoms with Crippen molar-refractivity contribution >= 4 is 11.8 Å². The van der Waals surface area contributed by atoms with Gasteiger partial charge in [-0.25, -0.2) is 0 Å². The zero-order valence-electron chi connectivity index (χ0n) is 13.1. The standard InChI is InChI=1S/C17H22N2O3/c1-12(20)18-15-11-17(7-9-19(10-8-17)13(2)21)22-16-6-4-3-5-14(15)16/h3-6,15H,7-11H2,1-2H3,(H,18,20). The van der Waals surface area contributed by atoms with E-state index >= 15 is 0 Å². The number of benzene rings is 1. The third-order valence-electron chi connectivity index (χ3n) is 4.69. The minimum atomic E-state index is -0.284. The maximum Gasteiger partial charge on any atom is 0.219 e. The fourth-order valence-electron chi connectivity index (χ4n) is 3.53. The second-order valence-electron chi connectivity index (χ2n) is 6.29. The number of nitrogens with zero attached hydrogens (tertiary/aromatic N) is 1. The quantitative estimate of drug-likeness (QED) is 0.863. The van der Waals surface area contributed by atoms with Gasteiger partial charge < -0.3 is 15.0 Å². The van der Waals surface area contributed by atoms with Gasteiger partial charge in [-0.2, -0.15) is 0 Å². The van der Waals surface area contributed by atoms with Gasteiger partial charge in [-0.3, -0.25) is 9.59 Å². The Kier molecular flexibility index (Phi) is 3.81. The molecule has 2 aliphatic heterocycles. The summed E-state index contributed by atoms with van der Waals surface area (Å²) in [7, 11) is 0. The third kappa shape index (κ3) is 2.80. The van der Waals surface area contributed by atoms with Gasteiger partial charge >= 0.3 is 0 Å². The first-order valence-corrected chi connectivity index (χ1v) is 7.80. The van der Waals surface area contributed by atoms with Crippen molar-refractivity contribution in [3.05, 3.63) is 29.8 Å². The minimum absolute atomic E-state index is 0.0219. The number of hydrogen-bond donors (Lipinski definition) is 1. The summed E-state index contributed by atoms with van der Waals surface area (Å²) in [6.45, 7) is 4.58. The largest absolute Gasteiger partial charge is 0.487 e. The zero-order valence-corrected chi connectivity index (χ0v) is 13.1. The van der Waals surface area contributed by atoms with Crippen LogP contribution in [0.3, 0.4) is 0 Å². The molecule has 1 spiro atoms. The number of carbonyl (C=O) groups excluding carboxylic acids is 2. The van der Waals surface area contributed by atoms with Crippen molar-refractivity contribution in [1.82, 2.24) is 10.2 Å². The first-order chi connectivity index (χ1) is 10.5. The van der Waals surface area contributed by atoms with Crippen molar-refractivity contribution in [3.8, 4) is 5.75 Å². The number of piperidine rings is 1. The molecule has 118 valence electrons. The Morgan fingerprint density at radius 3 is 2.55 bits per heavy atom. The van der Waals surface area contributed by atoms with Crippen molar-refractivity contribution in [2.24, 2.45) is 0 Å². The van der Waals surface area contributed by atoms with Crippen LogP contribution in [0.4, 0.5) is 0 Å². The number of carbonyl (C=O) groups is 2. The Morgan fingerprint density at radius 1 is 1.23 bits per heavy atom. The van der Waals surface area contributed by atoms with Gasteiger partial charge in [0, 0.05) is 51.8 Å². The Labute approximate surface area is 130 Å². The summed E-state index contributed by atoms with van der Waals surface area (Å²) in [6.07, 6.45) is 2.36. The first-order valence-electron chi connectivity index (χ1n) is 7.80. The fraction of sp³-hybridized carbons (Fsp3) is 0.529. The molecule has 5 nitrogen and oxygen atoms in total. The molecular weight excluding hydrogens is 280 g/mol. The van der Waals surface area contributed by atoms with Gasteiger partial charge in [0.2, 0.25) is 11.8 Å². The van der Waals surface area contributed by atoms with E-state index in [-0.39, 0.29) is 23.5 Å². The van der Waals surface area contributed by atoms with Gasteiger partial charge in [0.1, 0.15) is 11.4 Å². The van der Waals surface area contributed by atoms with E-state index in [4.69, 9.17) is 4.74 Å². The highest BCUT2D eigenvalue weighted by atomic mass is 16.5. The second kappa shape index (κ2) is 5.63. The Bertz CT molecular complexity index is 591. The molecule has 2 amide bonds. The highest BCUT2D eigenvalue weighted by Gasteiger charge is 2.43. The molecule has 1 saturated heterocycles. The van der Waals surface area contributed by atoms with Crippen LogP contribution in [0, 0.1) is 0 Å². The summed E-state index contributed by atoms with van der Waals surface area (Å²) in [6, 6.07) is 7.86. The third-order valence-corrected chi connectivity index (χ3v) is 4.69. The maximum absolute atomic E-state index is 11.5. The van der Waals surface area contributed by atoms with Crippen LogP contribution in [0.2, 0.25) is 0 Å². The molecule has 0 radical (unpaired) electrons. The topological polar surface area (TPSA) is 58.6 Å². The van der Waals surface area contributed by atoms with Crippen LogP contribution in [0.25, 0.3) is 0 Å². The summed E-state index contributed by atoms with van der Waals surface area (Å²) in [4.78, 5) is 24.9. The maximum atomic E-state index is 11.5. The van der Waals surface area contributed by atoms with E-state index in [2.05, 4.69) is 5.32 Å². The summed E-state index contributed by atoms with van der Waals surface area (Å²) in [5, 5.41) is 3.04. The van der Waals surface area contributed by atoms with Gasteiger partial charge in [0.05, 0.1) is 6.04 Å². The van der Waals surface area contributed by atoms with Crippen LogP contribution in [0.5, 0.6) is 5.75 Å². The van der Waals surface area contributed by atoms with E-state index in [1.807, 2.05) is 29.2 Å². The Balaban J connectivity index is 1.84. The van der Waals surface area contributed by atoms with Crippen LogP contribution in [-0.2, 0) is 9.59 Å². The molecule has 2 aliphatic rings. The van der Waals surface area contributed by atoms with Gasteiger partial charge in [0.15, 0.2) is 0 Å². The molecule has 1 atom stereocenters. The Morgan fingerprint density at radius 2 is 1.91 bits per heavy atom. The summed E-state index contributed by atoms with van der Waals surface area (Å²) >= 11 is 0. The van der Waals surface area contributed by atoms with Gasteiger partial charge in [-0.15, -0.1) is 0 Å². The predicted molar refractivity (Wildman–Crippen MR) is 82.5 cm³/mol. The van der Waals surface area contributed by atoms with Gasteiger partial charge in [0.25, 0.3) is 0 Å². The van der Waals surface area contributed by atoms with E-state index in [0.29, 0.717) is 13.1 Å². The van der Waals surface area contributed by atoms with Crippen molar-refractivity contribution in [3.63, 3.8) is 0 Å². The smallest absolute Gasteiger partial charge is 0.219 e. The molecule has 3 rings (SSSR count). The lowest BCUT2D eigenvalue weighted by Gasteiger charge is -2.46. The molecule has 22 heavy (non-hydrogen) atoms. The normalized spacial score (nSPS) is 22.6. The molecule has 1 N–H and O–H groups in total. The lowest BCUT2D eigenvalue weighted by atomic mass is 9.80. The van der Waals surface area contributed by atoms with Crippen molar-refractivity contribution in [1.29, 1.82) is 0 Å². The average Bonchev–Trinajstić information content (AvgIpc) is 2.47. The number of fused-ring (bicyclic) bond motifs is 1. The van der Waals surface area contributed by atoms with E-state index < -0.39 is 0 Å². The van der Waals surface area contributed by atoms with Crippen LogP contribution in [0.15, 0.2) is 24.3 Å². The number of ether oxygens (including phenoxy) is 1. The van der Waals surface area contributed by atoms with E-state index in [1.165, 1.54) is 0 Å². The predicted octanol–water partition coefficient (Wildman–Crippen LogP) is 2.03. The van der Waals surface area contributed by atoms with Crippen LogP contribution < -0.4 is 10.1 Å². The van der Waals surface area contributed by atoms with Gasteiger partial charge in [-0.05, 0) is 6.07 Å². The van der Waals surface area contributed by atoms with E-state index in [0.717, 1.165) is 30.6 Å². The molecule has 0 saturated carbocycles. The molecule has 5 heteroatoms. The highest BCUT2D eigenvalue weighted by Crippen LogP contribution is 2.44. The minimum Gasteiger partial charge on any atom is -0.487 e. The molecular formula is C17H22N2O3. The number of likely N-dealkylation sites (tertiary alicyclic amines) is 1. The molecule has 1 unspecified atom stereocenters. The van der Waals surface area contributed by atoms with Gasteiger partial charge in [-0.1, -0.05) is 18.2 Å². The lowest BCUT2D eigenvalue weighted by Crippen LogP contribution is -2.52. The number of amides is 2. The second-order valence-corrected chi connectivity index (χ2v) is 6.29. The summed E-state index contributed by atoms with van der Waals surface area (Å²) < 4.78 is 6.31. The molecule has 1 fully saturated rings. The summed E-state index contributed by atoms with van der Waals surface area (Å²) in [5.74, 6) is 0.936. The zero-order chi connectivity index (χ0) is 15.7.